The molecule has 1 aromatic carbocycles. The minimum Gasteiger partial charge on any atom is -0.356 e. The van der Waals surface area contributed by atoms with Gasteiger partial charge in [0.25, 0.3) is 0 Å². The molecule has 1 aliphatic carbocycles. The zero-order valence-electron chi connectivity index (χ0n) is 15.7. The topological polar surface area (TPSA) is 39.7 Å². The molecule has 24 heavy (non-hydrogen) atoms. The highest BCUT2D eigenvalue weighted by Gasteiger charge is 2.25. The second kappa shape index (κ2) is 10.2. The Morgan fingerprint density at radius 2 is 1.83 bits per heavy atom. The van der Waals surface area contributed by atoms with Gasteiger partial charge < -0.3 is 10.6 Å². The van der Waals surface area contributed by atoms with E-state index < -0.39 is 0 Å². The molecule has 1 atom stereocenters. The van der Waals surface area contributed by atoms with Gasteiger partial charge in [-0.3, -0.25) is 9.89 Å². The Bertz CT molecular complexity index is 520. The molecular weight excluding hydrogens is 411 g/mol. The zero-order chi connectivity index (χ0) is 16.8. The molecule has 2 rings (SSSR count). The lowest BCUT2D eigenvalue weighted by Crippen LogP contribution is -2.46. The number of hydrogen-bond donors (Lipinski definition) is 2. The summed E-state index contributed by atoms with van der Waals surface area (Å²) in [5.41, 5.74) is 2.98. The van der Waals surface area contributed by atoms with Crippen molar-refractivity contribution in [3.8, 4) is 0 Å². The third kappa shape index (κ3) is 5.62. The first-order valence-corrected chi connectivity index (χ1v) is 8.81. The summed E-state index contributed by atoms with van der Waals surface area (Å²) >= 11 is 0. The molecule has 1 aliphatic rings. The summed E-state index contributed by atoms with van der Waals surface area (Å²) in [5.74, 6) is 1.52. The molecule has 5 heteroatoms. The van der Waals surface area contributed by atoms with E-state index in [1.807, 2.05) is 7.05 Å². The fraction of sp³-hybridized carbons (Fsp3) is 0.632. The Balaban J connectivity index is 0.00000288. The van der Waals surface area contributed by atoms with Crippen molar-refractivity contribution in [2.24, 2.45) is 4.99 Å². The summed E-state index contributed by atoms with van der Waals surface area (Å²) in [6.07, 6.45) is 1.18. The van der Waals surface area contributed by atoms with Crippen molar-refractivity contribution in [1.82, 2.24) is 15.5 Å². The van der Waals surface area contributed by atoms with Crippen molar-refractivity contribution >= 4 is 29.9 Å². The lowest BCUT2D eigenvalue weighted by atomic mass is 9.78. The van der Waals surface area contributed by atoms with Crippen molar-refractivity contribution in [3.63, 3.8) is 0 Å². The first kappa shape index (κ1) is 21.2. The molecule has 0 spiro atoms. The van der Waals surface area contributed by atoms with Gasteiger partial charge in [-0.05, 0) is 45.2 Å². The third-order valence-corrected chi connectivity index (χ3v) is 4.69. The zero-order valence-corrected chi connectivity index (χ0v) is 18.0. The maximum absolute atomic E-state index is 4.34. The summed E-state index contributed by atoms with van der Waals surface area (Å²) in [7, 11) is 1.84. The number of benzene rings is 1. The number of halogens is 1. The van der Waals surface area contributed by atoms with Crippen LogP contribution in [0.15, 0.2) is 29.3 Å². The van der Waals surface area contributed by atoms with Crippen LogP contribution in [-0.2, 0) is 6.42 Å². The van der Waals surface area contributed by atoms with Crippen LogP contribution in [0, 0.1) is 0 Å². The van der Waals surface area contributed by atoms with Crippen LogP contribution in [0.3, 0.4) is 0 Å². The quantitative estimate of drug-likeness (QED) is 0.386. The minimum absolute atomic E-state index is 0. The molecule has 0 bridgehead atoms. The number of rotatable bonds is 7. The molecule has 136 valence electrons. The van der Waals surface area contributed by atoms with Crippen molar-refractivity contribution in [2.75, 3.05) is 26.7 Å². The van der Waals surface area contributed by atoms with Crippen molar-refractivity contribution in [3.05, 3.63) is 35.4 Å². The van der Waals surface area contributed by atoms with Gasteiger partial charge in [0, 0.05) is 44.7 Å². The van der Waals surface area contributed by atoms with Gasteiger partial charge >= 0.3 is 0 Å². The van der Waals surface area contributed by atoms with Gasteiger partial charge in [0.1, 0.15) is 0 Å². The molecule has 1 aromatic rings. The van der Waals surface area contributed by atoms with Crippen LogP contribution in [0.5, 0.6) is 0 Å². The molecule has 4 nitrogen and oxygen atoms in total. The lowest BCUT2D eigenvalue weighted by Gasteiger charge is -2.32. The third-order valence-electron chi connectivity index (χ3n) is 4.69. The highest BCUT2D eigenvalue weighted by atomic mass is 127. The summed E-state index contributed by atoms with van der Waals surface area (Å²) in [4.78, 5) is 6.83. The summed E-state index contributed by atoms with van der Waals surface area (Å²) < 4.78 is 0. The van der Waals surface area contributed by atoms with Crippen LogP contribution in [0.4, 0.5) is 0 Å². The Kier molecular flexibility index (Phi) is 9.05. The highest BCUT2D eigenvalue weighted by molar-refractivity contribution is 14.0. The van der Waals surface area contributed by atoms with E-state index in [2.05, 4.69) is 72.5 Å². The molecule has 2 N–H and O–H groups in total. The van der Waals surface area contributed by atoms with E-state index in [4.69, 9.17) is 0 Å². The normalized spacial score (nSPS) is 16.7. The average molecular weight is 444 g/mol. The number of aliphatic imine (C=N–C) groups is 1. The summed E-state index contributed by atoms with van der Waals surface area (Å²) in [6.45, 7) is 11.9. The van der Waals surface area contributed by atoms with Crippen molar-refractivity contribution in [1.29, 1.82) is 0 Å². The van der Waals surface area contributed by atoms with Crippen LogP contribution >= 0.6 is 24.0 Å². The maximum atomic E-state index is 4.34. The standard InChI is InChI=1S/C19H32N4.HI/c1-14(2)23(15(3)4)11-10-21-19(20-5)22-13-17-12-16-8-6-7-9-18(16)17;/h6-9,14-15,17H,10-13H2,1-5H3,(H2,20,21,22);1H. The molecule has 0 fully saturated rings. The smallest absolute Gasteiger partial charge is 0.191 e. The molecule has 0 radical (unpaired) electrons. The van der Waals surface area contributed by atoms with E-state index >= 15 is 0 Å². The largest absolute Gasteiger partial charge is 0.356 e. The van der Waals surface area contributed by atoms with Crippen LogP contribution < -0.4 is 10.6 Å². The van der Waals surface area contributed by atoms with Crippen LogP contribution in [0.25, 0.3) is 0 Å². The van der Waals surface area contributed by atoms with Crippen molar-refractivity contribution < 1.29 is 0 Å². The van der Waals surface area contributed by atoms with E-state index in [1.54, 1.807) is 0 Å². The molecule has 0 aromatic heterocycles. The first-order valence-electron chi connectivity index (χ1n) is 8.81. The summed E-state index contributed by atoms with van der Waals surface area (Å²) in [5, 5.41) is 6.90. The van der Waals surface area contributed by atoms with Gasteiger partial charge in [0.05, 0.1) is 0 Å². The molecule has 0 amide bonds. The highest BCUT2D eigenvalue weighted by Crippen LogP contribution is 2.33. The van der Waals surface area contributed by atoms with E-state index in [1.165, 1.54) is 17.5 Å². The van der Waals surface area contributed by atoms with E-state index in [0.29, 0.717) is 18.0 Å². The SMILES string of the molecule is CN=C(NCCN(C(C)C)C(C)C)NCC1Cc2ccccc21.I. The summed E-state index contributed by atoms with van der Waals surface area (Å²) in [6, 6.07) is 9.86. The second-order valence-electron chi connectivity index (χ2n) is 6.91. The maximum Gasteiger partial charge on any atom is 0.191 e. The molecule has 0 heterocycles. The Hall–Kier alpha value is -0.820. The molecule has 0 saturated heterocycles. The predicted molar refractivity (Wildman–Crippen MR) is 115 cm³/mol. The average Bonchev–Trinajstić information content (AvgIpc) is 2.49. The van der Waals surface area contributed by atoms with E-state index in [-0.39, 0.29) is 24.0 Å². The van der Waals surface area contributed by atoms with Crippen LogP contribution in [0.2, 0.25) is 0 Å². The van der Waals surface area contributed by atoms with Gasteiger partial charge in [-0.1, -0.05) is 24.3 Å². The van der Waals surface area contributed by atoms with Gasteiger partial charge in [0.15, 0.2) is 5.96 Å². The Labute approximate surface area is 164 Å². The number of guanidine groups is 1. The molecule has 0 saturated carbocycles. The Morgan fingerprint density at radius 1 is 1.17 bits per heavy atom. The van der Waals surface area contributed by atoms with Gasteiger partial charge in [-0.25, -0.2) is 0 Å². The number of nitrogens with one attached hydrogen (secondary N) is 2. The molecule has 1 unspecified atom stereocenters. The fourth-order valence-corrected chi connectivity index (χ4v) is 3.40. The Morgan fingerprint density at radius 3 is 2.42 bits per heavy atom. The minimum atomic E-state index is 0. The lowest BCUT2D eigenvalue weighted by molar-refractivity contribution is 0.178. The second-order valence-corrected chi connectivity index (χ2v) is 6.91. The van der Waals surface area contributed by atoms with Gasteiger partial charge in [0.2, 0.25) is 0 Å². The van der Waals surface area contributed by atoms with Crippen LogP contribution in [0.1, 0.15) is 44.7 Å². The van der Waals surface area contributed by atoms with Crippen LogP contribution in [-0.4, -0.2) is 49.6 Å². The molecular formula is C19H33IN4. The van der Waals surface area contributed by atoms with Crippen molar-refractivity contribution in [2.45, 2.75) is 52.1 Å². The predicted octanol–water partition coefficient (Wildman–Crippen LogP) is 3.23. The number of hydrogen-bond acceptors (Lipinski definition) is 2. The fourth-order valence-electron chi connectivity index (χ4n) is 3.40. The number of fused-ring (bicyclic) bond motifs is 1. The van der Waals surface area contributed by atoms with E-state index in [9.17, 15) is 0 Å². The van der Waals surface area contributed by atoms with Gasteiger partial charge in [-0.2, -0.15) is 0 Å². The monoisotopic (exact) mass is 444 g/mol. The molecule has 0 aliphatic heterocycles. The van der Waals surface area contributed by atoms with Gasteiger partial charge in [-0.15, -0.1) is 24.0 Å². The van der Waals surface area contributed by atoms with E-state index in [0.717, 1.165) is 25.6 Å². The number of nitrogens with zero attached hydrogens (tertiary/aromatic N) is 2. The first-order chi connectivity index (χ1) is 11.0.